The molecule has 0 spiro atoms. The van der Waals surface area contributed by atoms with E-state index in [1.165, 1.54) is 0 Å². The maximum Gasteiger partial charge on any atom is 0.311 e. The molecule has 0 amide bonds. The predicted octanol–water partition coefficient (Wildman–Crippen LogP) is 2.43. The summed E-state index contributed by atoms with van der Waals surface area (Å²) in [5.41, 5.74) is 6.08. The van der Waals surface area contributed by atoms with Gasteiger partial charge in [-0.25, -0.2) is 0 Å². The molecule has 2 atom stereocenters. The van der Waals surface area contributed by atoms with Crippen LogP contribution in [0.3, 0.4) is 0 Å². The summed E-state index contributed by atoms with van der Waals surface area (Å²) in [5.74, 6) is -1.64. The fourth-order valence-corrected chi connectivity index (χ4v) is 1.84. The van der Waals surface area contributed by atoms with Gasteiger partial charge in [-0.1, -0.05) is 30.3 Å². The van der Waals surface area contributed by atoms with Crippen LogP contribution in [0.4, 0.5) is 0 Å². The van der Waals surface area contributed by atoms with E-state index in [2.05, 4.69) is 0 Å². The molecule has 0 heterocycles. The van der Waals surface area contributed by atoms with Crippen molar-refractivity contribution in [2.75, 3.05) is 0 Å². The molecule has 0 saturated heterocycles. The molecule has 2 N–H and O–H groups in total. The average molecular weight is 307 g/mol. The third-order valence-electron chi connectivity index (χ3n) is 2.97. The number of carbonyl (C=O) groups is 2. The second-order valence-corrected chi connectivity index (χ2v) is 6.35. The number of carbonyl (C=O) groups excluding carboxylic acids is 2. The van der Waals surface area contributed by atoms with E-state index in [-0.39, 0.29) is 13.0 Å². The van der Waals surface area contributed by atoms with Crippen molar-refractivity contribution in [3.8, 4) is 0 Å². The molecule has 0 aliphatic heterocycles. The van der Waals surface area contributed by atoms with Crippen LogP contribution in [-0.2, 0) is 25.7 Å². The topological polar surface area (TPSA) is 78.6 Å². The molecular weight excluding hydrogens is 282 g/mol. The molecule has 0 saturated carbocycles. The molecule has 5 nitrogen and oxygen atoms in total. The first kappa shape index (κ1) is 18.2. The van der Waals surface area contributed by atoms with Gasteiger partial charge < -0.3 is 15.2 Å². The second kappa shape index (κ2) is 7.94. The monoisotopic (exact) mass is 307 g/mol. The molecule has 1 aromatic rings. The van der Waals surface area contributed by atoms with Crippen molar-refractivity contribution in [2.24, 2.45) is 11.7 Å². The third-order valence-corrected chi connectivity index (χ3v) is 2.97. The number of hydrogen-bond donors (Lipinski definition) is 1. The molecule has 22 heavy (non-hydrogen) atoms. The van der Waals surface area contributed by atoms with E-state index < -0.39 is 29.5 Å². The molecule has 0 aliphatic carbocycles. The maximum absolute atomic E-state index is 12.1. The lowest BCUT2D eigenvalue weighted by molar-refractivity contribution is -0.164. The maximum atomic E-state index is 12.1. The summed E-state index contributed by atoms with van der Waals surface area (Å²) in [7, 11) is 0. The van der Waals surface area contributed by atoms with Crippen LogP contribution in [0.25, 0.3) is 0 Å². The van der Waals surface area contributed by atoms with Gasteiger partial charge in [-0.15, -0.1) is 0 Å². The van der Waals surface area contributed by atoms with E-state index in [0.29, 0.717) is 0 Å². The Bertz CT molecular complexity index is 491. The Morgan fingerprint density at radius 2 is 1.77 bits per heavy atom. The number of esters is 2. The highest BCUT2D eigenvalue weighted by Crippen LogP contribution is 2.17. The number of rotatable bonds is 6. The normalized spacial score (nSPS) is 14.0. The minimum absolute atomic E-state index is 0.0839. The largest absolute Gasteiger partial charge is 0.461 e. The molecule has 0 bridgehead atoms. The van der Waals surface area contributed by atoms with E-state index in [1.54, 1.807) is 27.7 Å². The molecule has 1 rings (SSSR count). The van der Waals surface area contributed by atoms with E-state index >= 15 is 0 Å². The Labute approximate surface area is 131 Å². The Morgan fingerprint density at radius 3 is 2.27 bits per heavy atom. The van der Waals surface area contributed by atoms with Crippen LogP contribution in [0.5, 0.6) is 0 Å². The summed E-state index contributed by atoms with van der Waals surface area (Å²) in [6, 6.07) is 8.87. The molecule has 0 unspecified atom stereocenters. The van der Waals surface area contributed by atoms with Crippen molar-refractivity contribution in [1.82, 2.24) is 0 Å². The Kier molecular flexibility index (Phi) is 6.56. The van der Waals surface area contributed by atoms with Gasteiger partial charge in [0.25, 0.3) is 0 Å². The van der Waals surface area contributed by atoms with E-state index in [4.69, 9.17) is 15.2 Å². The second-order valence-electron chi connectivity index (χ2n) is 6.35. The zero-order valence-corrected chi connectivity index (χ0v) is 13.7. The lowest BCUT2D eigenvalue weighted by atomic mass is 9.98. The fourth-order valence-electron chi connectivity index (χ4n) is 1.84. The highest BCUT2D eigenvalue weighted by molar-refractivity contribution is 5.80. The van der Waals surface area contributed by atoms with Gasteiger partial charge in [0, 0.05) is 6.04 Å². The smallest absolute Gasteiger partial charge is 0.311 e. The average Bonchev–Trinajstić information content (AvgIpc) is 2.41. The van der Waals surface area contributed by atoms with Crippen molar-refractivity contribution in [2.45, 2.75) is 52.4 Å². The number of hydrogen-bond acceptors (Lipinski definition) is 5. The first-order chi connectivity index (χ1) is 10.2. The zero-order valence-electron chi connectivity index (χ0n) is 13.7. The van der Waals surface area contributed by atoms with Gasteiger partial charge in [0.15, 0.2) is 0 Å². The molecular formula is C17H25NO4. The van der Waals surface area contributed by atoms with Crippen LogP contribution in [0.1, 0.15) is 39.7 Å². The summed E-state index contributed by atoms with van der Waals surface area (Å²) < 4.78 is 10.5. The van der Waals surface area contributed by atoms with Crippen molar-refractivity contribution in [1.29, 1.82) is 0 Å². The quantitative estimate of drug-likeness (QED) is 0.817. The molecule has 1 aromatic carbocycles. The molecule has 0 aliphatic rings. The van der Waals surface area contributed by atoms with Crippen LogP contribution in [-0.4, -0.2) is 23.6 Å². The molecule has 0 aromatic heterocycles. The Morgan fingerprint density at radius 1 is 1.18 bits per heavy atom. The molecule has 0 fully saturated rings. The summed E-state index contributed by atoms with van der Waals surface area (Å²) in [6.45, 7) is 7.18. The van der Waals surface area contributed by atoms with Crippen molar-refractivity contribution in [3.63, 3.8) is 0 Å². The minimum atomic E-state index is -0.706. The van der Waals surface area contributed by atoms with Gasteiger partial charge in [0.2, 0.25) is 0 Å². The molecule has 0 radical (unpaired) electrons. The first-order valence-electron chi connectivity index (χ1n) is 7.37. The van der Waals surface area contributed by atoms with Crippen LogP contribution in [0.2, 0.25) is 0 Å². The van der Waals surface area contributed by atoms with Crippen LogP contribution < -0.4 is 5.73 Å². The standard InChI is InChI=1S/C17H25NO4/c1-12(18)14(16(20)22-17(2,3)4)10-15(19)21-11-13-8-6-5-7-9-13/h5-9,12,14H,10-11,18H2,1-4H3/t12-,14+/m1/s1. The zero-order chi connectivity index (χ0) is 16.8. The lowest BCUT2D eigenvalue weighted by Crippen LogP contribution is -2.39. The SMILES string of the molecule is C[C@@H](N)[C@H](CC(=O)OCc1ccccc1)C(=O)OC(C)(C)C. The number of nitrogens with two attached hydrogens (primary N) is 1. The fraction of sp³-hybridized carbons (Fsp3) is 0.529. The number of benzene rings is 1. The molecule has 122 valence electrons. The molecule has 5 heteroatoms. The van der Waals surface area contributed by atoms with Gasteiger partial charge in [0.05, 0.1) is 12.3 Å². The van der Waals surface area contributed by atoms with Crippen molar-refractivity contribution >= 4 is 11.9 Å². The number of ether oxygens (including phenoxy) is 2. The Hall–Kier alpha value is -1.88. The van der Waals surface area contributed by atoms with Crippen molar-refractivity contribution < 1.29 is 19.1 Å². The highest BCUT2D eigenvalue weighted by Gasteiger charge is 2.30. The van der Waals surface area contributed by atoms with Crippen LogP contribution >= 0.6 is 0 Å². The van der Waals surface area contributed by atoms with Gasteiger partial charge in [0.1, 0.15) is 12.2 Å². The van der Waals surface area contributed by atoms with Gasteiger partial charge >= 0.3 is 11.9 Å². The van der Waals surface area contributed by atoms with E-state index in [0.717, 1.165) is 5.56 Å². The summed E-state index contributed by atoms with van der Waals surface area (Å²) in [6.07, 6.45) is -0.0839. The van der Waals surface area contributed by atoms with Gasteiger partial charge in [-0.05, 0) is 33.3 Å². The van der Waals surface area contributed by atoms with Crippen molar-refractivity contribution in [3.05, 3.63) is 35.9 Å². The van der Waals surface area contributed by atoms with Gasteiger partial charge in [-0.2, -0.15) is 0 Å². The first-order valence-corrected chi connectivity index (χ1v) is 7.37. The predicted molar refractivity (Wildman–Crippen MR) is 83.8 cm³/mol. The summed E-state index contributed by atoms with van der Waals surface area (Å²) >= 11 is 0. The van der Waals surface area contributed by atoms with Crippen LogP contribution in [0, 0.1) is 5.92 Å². The van der Waals surface area contributed by atoms with E-state index in [1.807, 2.05) is 30.3 Å². The Balaban J connectivity index is 2.55. The van der Waals surface area contributed by atoms with Crippen LogP contribution in [0.15, 0.2) is 30.3 Å². The third kappa shape index (κ3) is 6.72. The lowest BCUT2D eigenvalue weighted by Gasteiger charge is -2.25. The summed E-state index contributed by atoms with van der Waals surface area (Å²) in [5, 5.41) is 0. The summed E-state index contributed by atoms with van der Waals surface area (Å²) in [4.78, 5) is 24.0. The highest BCUT2D eigenvalue weighted by atomic mass is 16.6. The van der Waals surface area contributed by atoms with E-state index in [9.17, 15) is 9.59 Å². The minimum Gasteiger partial charge on any atom is -0.461 e. The van der Waals surface area contributed by atoms with Gasteiger partial charge in [-0.3, -0.25) is 9.59 Å².